The Hall–Kier alpha value is -2.03. The van der Waals surface area contributed by atoms with Crippen molar-refractivity contribution < 1.29 is 4.79 Å². The standard InChI is InChI=1S/C15H14N2O/c18-13-5-2-4-12(9-13)17-15-6-1-3-11-10-16-8-7-14(11)15/h1,3,6-8,10H,2,4-5,9H2. The first kappa shape index (κ1) is 11.1. The number of aliphatic imine (C=N–C) groups is 1. The van der Waals surface area contributed by atoms with Gasteiger partial charge in [-0.15, -0.1) is 0 Å². The van der Waals surface area contributed by atoms with Gasteiger partial charge in [-0.3, -0.25) is 14.8 Å². The summed E-state index contributed by atoms with van der Waals surface area (Å²) in [6, 6.07) is 7.97. The molecule has 0 unspecified atom stereocenters. The van der Waals surface area contributed by atoms with E-state index >= 15 is 0 Å². The minimum Gasteiger partial charge on any atom is -0.299 e. The molecule has 0 amide bonds. The van der Waals surface area contributed by atoms with Crippen molar-refractivity contribution in [1.82, 2.24) is 4.98 Å². The Morgan fingerprint density at radius 3 is 3.00 bits per heavy atom. The number of hydrogen-bond acceptors (Lipinski definition) is 3. The van der Waals surface area contributed by atoms with Gasteiger partial charge in [0.1, 0.15) is 5.78 Å². The number of rotatable bonds is 1. The second-order valence-electron chi connectivity index (χ2n) is 4.62. The quantitative estimate of drug-likeness (QED) is 0.763. The third-order valence-corrected chi connectivity index (χ3v) is 3.26. The summed E-state index contributed by atoms with van der Waals surface area (Å²) in [5.74, 6) is 0.307. The fraction of sp³-hybridized carbons (Fsp3) is 0.267. The molecule has 0 radical (unpaired) electrons. The molecule has 0 atom stereocenters. The lowest BCUT2D eigenvalue weighted by atomic mass is 9.97. The third-order valence-electron chi connectivity index (χ3n) is 3.26. The van der Waals surface area contributed by atoms with Crippen molar-refractivity contribution in [2.24, 2.45) is 4.99 Å². The highest BCUT2D eigenvalue weighted by Crippen LogP contribution is 2.26. The van der Waals surface area contributed by atoms with Crippen LogP contribution in [0.3, 0.4) is 0 Å². The molecule has 3 rings (SSSR count). The van der Waals surface area contributed by atoms with Gasteiger partial charge in [0.2, 0.25) is 0 Å². The summed E-state index contributed by atoms with van der Waals surface area (Å²) in [5.41, 5.74) is 1.95. The molecule has 3 nitrogen and oxygen atoms in total. The molecule has 3 heteroatoms. The molecule has 90 valence electrons. The van der Waals surface area contributed by atoms with Crippen molar-refractivity contribution in [1.29, 1.82) is 0 Å². The molecule has 18 heavy (non-hydrogen) atoms. The van der Waals surface area contributed by atoms with E-state index in [4.69, 9.17) is 0 Å². The summed E-state index contributed by atoms with van der Waals surface area (Å²) in [6.07, 6.45) is 6.71. The zero-order valence-electron chi connectivity index (χ0n) is 10.1. The summed E-state index contributed by atoms with van der Waals surface area (Å²) in [7, 11) is 0. The molecule has 1 fully saturated rings. The summed E-state index contributed by atoms with van der Waals surface area (Å²) < 4.78 is 0. The molecule has 0 spiro atoms. The number of pyridine rings is 1. The van der Waals surface area contributed by atoms with Gasteiger partial charge < -0.3 is 0 Å². The van der Waals surface area contributed by atoms with Crippen LogP contribution < -0.4 is 0 Å². The van der Waals surface area contributed by atoms with Crippen LogP contribution in [0, 0.1) is 0 Å². The molecule has 1 aliphatic rings. The summed E-state index contributed by atoms with van der Waals surface area (Å²) in [4.78, 5) is 20.2. The fourth-order valence-electron chi connectivity index (χ4n) is 2.36. The second-order valence-corrected chi connectivity index (χ2v) is 4.62. The van der Waals surface area contributed by atoms with E-state index in [-0.39, 0.29) is 0 Å². The molecule has 1 aromatic carbocycles. The predicted octanol–water partition coefficient (Wildman–Crippen LogP) is 3.45. The van der Waals surface area contributed by atoms with Crippen molar-refractivity contribution >= 4 is 28.0 Å². The highest BCUT2D eigenvalue weighted by molar-refractivity contribution is 6.06. The monoisotopic (exact) mass is 238 g/mol. The van der Waals surface area contributed by atoms with Crippen molar-refractivity contribution in [3.8, 4) is 0 Å². The normalized spacial score (nSPS) is 18.4. The predicted molar refractivity (Wildman–Crippen MR) is 72.3 cm³/mol. The summed E-state index contributed by atoms with van der Waals surface area (Å²) in [5, 5.41) is 2.18. The maximum Gasteiger partial charge on any atom is 0.138 e. The maximum absolute atomic E-state index is 11.4. The number of hydrogen-bond donors (Lipinski definition) is 0. The number of ketones is 1. The topological polar surface area (TPSA) is 42.3 Å². The van der Waals surface area contributed by atoms with Crippen LogP contribution in [0.1, 0.15) is 25.7 Å². The van der Waals surface area contributed by atoms with Gasteiger partial charge in [0.05, 0.1) is 5.69 Å². The van der Waals surface area contributed by atoms with E-state index < -0.39 is 0 Å². The molecule has 1 aromatic heterocycles. The number of Topliss-reactive ketones (excluding diaryl/α,β-unsaturated/α-hetero) is 1. The summed E-state index contributed by atoms with van der Waals surface area (Å²) in [6.45, 7) is 0. The Labute approximate surface area is 106 Å². The van der Waals surface area contributed by atoms with Crippen LogP contribution in [0.5, 0.6) is 0 Å². The zero-order valence-corrected chi connectivity index (χ0v) is 10.1. The molecule has 0 aliphatic heterocycles. The zero-order chi connectivity index (χ0) is 12.4. The minimum atomic E-state index is 0.307. The molecule has 0 N–H and O–H groups in total. The van der Waals surface area contributed by atoms with Gasteiger partial charge in [-0.05, 0) is 25.0 Å². The Balaban J connectivity index is 2.04. The van der Waals surface area contributed by atoms with E-state index in [1.165, 1.54) is 0 Å². The molecular formula is C15H14N2O. The SMILES string of the molecule is O=C1CCCC(=Nc2cccc3cnccc23)C1. The lowest BCUT2D eigenvalue weighted by Crippen LogP contribution is -2.13. The number of carbonyl (C=O) groups is 1. The van der Waals surface area contributed by atoms with Gasteiger partial charge in [0.25, 0.3) is 0 Å². The average Bonchev–Trinajstić information content (AvgIpc) is 2.39. The number of benzene rings is 1. The lowest BCUT2D eigenvalue weighted by Gasteiger charge is -2.12. The van der Waals surface area contributed by atoms with Gasteiger partial charge in [-0.1, -0.05) is 12.1 Å². The van der Waals surface area contributed by atoms with Crippen molar-refractivity contribution in [3.05, 3.63) is 36.7 Å². The van der Waals surface area contributed by atoms with Crippen LogP contribution >= 0.6 is 0 Å². The van der Waals surface area contributed by atoms with Gasteiger partial charge >= 0.3 is 0 Å². The van der Waals surface area contributed by atoms with E-state index in [9.17, 15) is 4.79 Å². The fourth-order valence-corrected chi connectivity index (χ4v) is 2.36. The largest absolute Gasteiger partial charge is 0.299 e. The molecule has 0 saturated heterocycles. The van der Waals surface area contributed by atoms with Gasteiger partial charge in [0.15, 0.2) is 0 Å². The smallest absolute Gasteiger partial charge is 0.138 e. The number of nitrogens with zero attached hydrogens (tertiary/aromatic N) is 2. The minimum absolute atomic E-state index is 0.307. The van der Waals surface area contributed by atoms with Crippen LogP contribution in [-0.4, -0.2) is 16.5 Å². The van der Waals surface area contributed by atoms with E-state index in [0.717, 1.165) is 35.0 Å². The van der Waals surface area contributed by atoms with E-state index in [1.54, 1.807) is 6.20 Å². The third kappa shape index (κ3) is 2.16. The van der Waals surface area contributed by atoms with Crippen LogP contribution in [0.4, 0.5) is 5.69 Å². The van der Waals surface area contributed by atoms with Gasteiger partial charge in [-0.2, -0.15) is 0 Å². The molecule has 1 saturated carbocycles. The van der Waals surface area contributed by atoms with Crippen LogP contribution in [0.15, 0.2) is 41.7 Å². The molecular weight excluding hydrogens is 224 g/mol. The Bertz CT molecular complexity index is 626. The lowest BCUT2D eigenvalue weighted by molar-refractivity contribution is -0.118. The second kappa shape index (κ2) is 4.69. The Morgan fingerprint density at radius 2 is 2.11 bits per heavy atom. The van der Waals surface area contributed by atoms with Crippen molar-refractivity contribution in [3.63, 3.8) is 0 Å². The number of aromatic nitrogens is 1. The highest BCUT2D eigenvalue weighted by atomic mass is 16.1. The Kier molecular flexibility index (Phi) is 2.89. The first-order valence-corrected chi connectivity index (χ1v) is 6.24. The first-order valence-electron chi connectivity index (χ1n) is 6.24. The molecule has 1 heterocycles. The molecule has 1 aliphatic carbocycles. The highest BCUT2D eigenvalue weighted by Gasteiger charge is 2.14. The van der Waals surface area contributed by atoms with Crippen LogP contribution in [-0.2, 0) is 4.79 Å². The average molecular weight is 238 g/mol. The van der Waals surface area contributed by atoms with Crippen molar-refractivity contribution in [2.45, 2.75) is 25.7 Å². The van der Waals surface area contributed by atoms with Crippen LogP contribution in [0.2, 0.25) is 0 Å². The van der Waals surface area contributed by atoms with Crippen LogP contribution in [0.25, 0.3) is 10.8 Å². The van der Waals surface area contributed by atoms with Gasteiger partial charge in [0, 0.05) is 41.7 Å². The molecule has 0 bridgehead atoms. The number of fused-ring (bicyclic) bond motifs is 1. The van der Waals surface area contributed by atoms with Gasteiger partial charge in [-0.25, -0.2) is 0 Å². The number of carbonyl (C=O) groups excluding carboxylic acids is 1. The summed E-state index contributed by atoms with van der Waals surface area (Å²) >= 11 is 0. The molecule has 2 aromatic rings. The first-order chi connectivity index (χ1) is 8.83. The van der Waals surface area contributed by atoms with E-state index in [1.807, 2.05) is 30.5 Å². The Morgan fingerprint density at radius 1 is 1.17 bits per heavy atom. The van der Waals surface area contributed by atoms with E-state index in [2.05, 4.69) is 9.98 Å². The van der Waals surface area contributed by atoms with Crippen molar-refractivity contribution in [2.75, 3.05) is 0 Å². The van der Waals surface area contributed by atoms with E-state index in [0.29, 0.717) is 18.6 Å². The maximum atomic E-state index is 11.4.